The Morgan fingerprint density at radius 3 is 1.85 bits per heavy atom. The molecule has 5 aromatic carbocycles. The van der Waals surface area contributed by atoms with Crippen LogP contribution >= 0.6 is 23.2 Å². The molecule has 0 aromatic heterocycles. The Hall–Kier alpha value is -9.98. The van der Waals surface area contributed by atoms with Gasteiger partial charge in [0.1, 0.15) is 107 Å². The average molecular weight is 1770 g/mol. The van der Waals surface area contributed by atoms with Crippen LogP contribution in [-0.2, 0) is 62.0 Å². The van der Waals surface area contributed by atoms with Gasteiger partial charge in [-0.3, -0.25) is 38.4 Å². The quantitative estimate of drug-likeness (QED) is 0.0446. The van der Waals surface area contributed by atoms with Gasteiger partial charge in [-0.25, -0.2) is 9.59 Å². The second kappa shape index (κ2) is 36.5. The summed E-state index contributed by atoms with van der Waals surface area (Å²) in [5.74, 6) is -16.5. The van der Waals surface area contributed by atoms with E-state index in [0.29, 0.717) is 11.8 Å². The molecule has 4 aliphatic carbocycles. The van der Waals surface area contributed by atoms with E-state index < -0.39 is 262 Å². The van der Waals surface area contributed by atoms with E-state index in [1.807, 2.05) is 0 Å². The summed E-state index contributed by atoms with van der Waals surface area (Å²) in [6, 6.07) is 5.10. The SMILES string of the molecule is CC(C)C[C@@H](NC(=O)OC(C)(C)C)C(=O)N[C@H]1C(=O)C[C@@H](CC(N)=O)C(=O)N[C@H]2C(=O)C[C@H]3C(=O)N[C@H](C(=O)N[C@H](C(=O)CC4C5CC6CC(C5)CC4C6)c4cc(O)cc(O)c4-c4cc3ccc4O)[C@H](O)c3ccc(c(Cl)c3)Oc3cc2cc(c3OC2OC(CO)C(O)C(O)C2OC2CC(C)(NC(=O)OC(C)(C)C)C(O)C(C)O2)Oc2ccc(cc2Cl)[C@H]1O. The number of aliphatic hydroxyl groups excluding tert-OH is 6. The molecule has 36 heteroatoms. The highest BCUT2D eigenvalue weighted by Gasteiger charge is 2.54. The summed E-state index contributed by atoms with van der Waals surface area (Å²) >= 11 is 14.5. The lowest BCUT2D eigenvalue weighted by atomic mass is 9.51. The molecule has 670 valence electrons. The van der Waals surface area contributed by atoms with E-state index in [0.717, 1.165) is 74.6 Å². The molecule has 0 radical (unpaired) electrons. The molecule has 6 fully saturated rings. The van der Waals surface area contributed by atoms with E-state index in [-0.39, 0.29) is 81.4 Å². The van der Waals surface area contributed by atoms with Crippen molar-refractivity contribution in [2.75, 3.05) is 6.61 Å². The third-order valence-electron chi connectivity index (χ3n) is 24.4. The van der Waals surface area contributed by atoms with Crippen molar-refractivity contribution in [1.82, 2.24) is 31.9 Å². The number of hydrogen-bond donors (Lipinski definition) is 16. The van der Waals surface area contributed by atoms with Gasteiger partial charge >= 0.3 is 12.2 Å². The second-order valence-corrected chi connectivity index (χ2v) is 37.4. The molecule has 18 atom stereocenters. The Morgan fingerprint density at radius 1 is 0.661 bits per heavy atom. The summed E-state index contributed by atoms with van der Waals surface area (Å²) in [6.07, 6.45) is -19.4. The summed E-state index contributed by atoms with van der Waals surface area (Å²) < 4.78 is 50.4. The zero-order valence-corrected chi connectivity index (χ0v) is 71.5. The Balaban J connectivity index is 1.00. The van der Waals surface area contributed by atoms with Crippen LogP contribution in [0.3, 0.4) is 0 Å². The molecule has 7 aliphatic heterocycles. The number of nitrogens with one attached hydrogen (secondary N) is 6. The first-order chi connectivity index (χ1) is 58.3. The number of ketones is 3. The van der Waals surface area contributed by atoms with Crippen molar-refractivity contribution in [3.63, 3.8) is 0 Å². The summed E-state index contributed by atoms with van der Waals surface area (Å²) in [7, 11) is 0. The van der Waals surface area contributed by atoms with Crippen molar-refractivity contribution in [3.05, 3.63) is 117 Å². The maximum Gasteiger partial charge on any atom is 0.408 e. The number of aliphatic hydroxyl groups is 6. The molecule has 5 aromatic rings. The molecule has 4 saturated carbocycles. The predicted octanol–water partition coefficient (Wildman–Crippen LogP) is 7.90. The summed E-state index contributed by atoms with van der Waals surface area (Å²) in [6.45, 7) is 15.0. The van der Waals surface area contributed by atoms with Crippen LogP contribution in [0.2, 0.25) is 10.0 Å². The molecule has 16 rings (SSSR count). The standard InChI is InChI=1S/C88H107Cl2N7O27/c1-36(2)17-54(92-84(115)123-86(4,5)6)81(113)95-70-57(102)26-46(29-65(91)105)79(111)93-68-45-27-62(118-60-15-12-41(72(70)106)24-52(60)89)76(122-83-77(75(109)74(108)64(35-98)120-83)121-66-34-88(10,78(110)37(3)117-66)97-85(116)124-87(7,8)9)63(28-45)119-61-16-13-42(25-53(61)90)73(107)71-82(114)94-69(59(104)32-48-43-19-38-18-39(21-43)22-44(48)20-38)51-30-47(99)31-56(101)67(51)50-23-40(11-14-55(50)100)49(33-58(68)103)80(112)96-71/h11-16,23-25,27-28,30-31,36-39,43-44,46,48-49,54,64,66,68-75,77-78,83,98-101,106-110H,17-22,26,29,32-35H2,1-10H3,(H2,91,105)(H,92,115)(H,93,111)(H,94,114)(H,95,113)(H,96,112)(H,97,116)/t37?,38?,39?,43?,44?,46-,48?,49+,54+,64?,66?,68+,69-,70-,71-,72+,73+,74?,75?,77?,78?,83?,88?/m0/s1. The minimum Gasteiger partial charge on any atom is -0.508 e. The van der Waals surface area contributed by atoms with Gasteiger partial charge < -0.3 is 121 Å². The van der Waals surface area contributed by atoms with Crippen LogP contribution in [-0.4, -0.2) is 196 Å². The molecule has 15 bridgehead atoms. The third-order valence-corrected chi connectivity index (χ3v) is 25.0. The van der Waals surface area contributed by atoms with Crippen LogP contribution in [0.15, 0.2) is 78.9 Å². The zero-order chi connectivity index (χ0) is 89.9. The number of phenolic OH excluding ortho intramolecular Hbond substituents is 3. The number of rotatable bonds is 16. The number of fused-ring (bicyclic) bond motifs is 15. The van der Waals surface area contributed by atoms with E-state index >= 15 is 28.8 Å². The van der Waals surface area contributed by atoms with Crippen LogP contribution in [0.1, 0.15) is 198 Å². The monoisotopic (exact) mass is 1760 g/mol. The van der Waals surface area contributed by atoms with Gasteiger partial charge in [0.25, 0.3) is 0 Å². The minimum atomic E-state index is -2.25. The number of aromatic hydroxyl groups is 3. The van der Waals surface area contributed by atoms with Crippen LogP contribution in [0, 0.1) is 41.4 Å². The number of amides is 7. The summed E-state index contributed by atoms with van der Waals surface area (Å²) in [5, 5.41) is 123. The van der Waals surface area contributed by atoms with E-state index in [1.165, 1.54) is 50.2 Å². The molecule has 7 amide bonds. The molecular weight excluding hydrogens is 1660 g/mol. The lowest BCUT2D eigenvalue weighted by Gasteiger charge is -2.54. The Labute approximate surface area is 724 Å². The number of alkyl carbamates (subject to hydrolysis) is 2. The highest BCUT2D eigenvalue weighted by atomic mass is 35.5. The van der Waals surface area contributed by atoms with Crippen molar-refractivity contribution in [2.24, 2.45) is 47.2 Å². The van der Waals surface area contributed by atoms with Crippen LogP contribution in [0.4, 0.5) is 9.59 Å². The molecule has 9 unspecified atom stereocenters. The fourth-order valence-corrected chi connectivity index (χ4v) is 19.2. The number of hydrogen-bond acceptors (Lipinski definition) is 27. The number of halogens is 2. The molecule has 7 heterocycles. The fourth-order valence-electron chi connectivity index (χ4n) is 18.8. The number of primary amides is 1. The van der Waals surface area contributed by atoms with Crippen molar-refractivity contribution < 1.29 is 132 Å². The van der Waals surface area contributed by atoms with E-state index in [1.54, 1.807) is 55.4 Å². The van der Waals surface area contributed by atoms with Crippen molar-refractivity contribution >= 4 is 82.3 Å². The van der Waals surface area contributed by atoms with Gasteiger partial charge in [-0.15, -0.1) is 0 Å². The first-order valence-electron chi connectivity index (χ1n) is 41.5. The number of phenols is 3. The molecule has 2 saturated heterocycles. The van der Waals surface area contributed by atoms with Gasteiger partial charge in [0.15, 0.2) is 41.2 Å². The largest absolute Gasteiger partial charge is 0.508 e. The smallest absolute Gasteiger partial charge is 0.408 e. The van der Waals surface area contributed by atoms with Gasteiger partial charge in [-0.2, -0.15) is 0 Å². The molecule has 0 spiro atoms. The lowest BCUT2D eigenvalue weighted by molar-refractivity contribution is -0.334. The number of benzene rings is 5. The van der Waals surface area contributed by atoms with Crippen LogP contribution in [0.25, 0.3) is 11.1 Å². The lowest BCUT2D eigenvalue weighted by Crippen LogP contribution is -2.66. The first-order valence-corrected chi connectivity index (χ1v) is 42.3. The van der Waals surface area contributed by atoms with Gasteiger partial charge in [0.05, 0.1) is 40.1 Å². The molecule has 11 aliphatic rings. The summed E-state index contributed by atoms with van der Waals surface area (Å²) in [5.41, 5.74) is 0.389. The first kappa shape index (κ1) is 91.7. The number of carbonyl (C=O) groups excluding carboxylic acids is 10. The van der Waals surface area contributed by atoms with E-state index in [4.69, 9.17) is 66.8 Å². The molecule has 17 N–H and O–H groups in total. The van der Waals surface area contributed by atoms with Gasteiger partial charge in [-0.1, -0.05) is 55.2 Å². The molecular formula is C88H107Cl2N7O27. The zero-order valence-electron chi connectivity index (χ0n) is 70.0. The van der Waals surface area contributed by atoms with Crippen molar-refractivity contribution in [3.8, 4) is 57.1 Å². The Kier molecular flexibility index (Phi) is 27.0. The van der Waals surface area contributed by atoms with E-state index in [9.17, 15) is 65.1 Å². The van der Waals surface area contributed by atoms with Crippen molar-refractivity contribution in [1.29, 1.82) is 0 Å². The van der Waals surface area contributed by atoms with Gasteiger partial charge in [-0.05, 0) is 212 Å². The second-order valence-electron chi connectivity index (χ2n) is 36.6. The highest BCUT2D eigenvalue weighted by Crippen LogP contribution is 2.59. The maximum absolute atomic E-state index is 16.6. The van der Waals surface area contributed by atoms with E-state index in [2.05, 4.69) is 31.9 Å². The summed E-state index contributed by atoms with van der Waals surface area (Å²) in [4.78, 5) is 150. The van der Waals surface area contributed by atoms with Crippen molar-refractivity contribution in [2.45, 2.75) is 254 Å². The number of carbonyl (C=O) groups is 10. The van der Waals surface area contributed by atoms with Gasteiger partial charge in [0, 0.05) is 49.3 Å². The normalized spacial score (nSPS) is 30.9. The number of nitrogens with two attached hydrogens (primary N) is 1. The highest BCUT2D eigenvalue weighted by molar-refractivity contribution is 6.32. The number of ether oxygens (including phenoxy) is 8. The minimum absolute atomic E-state index is 0.0693. The number of Topliss-reactive ketones (excluding diaryl/α,β-unsaturated/α-hetero) is 3. The average Bonchev–Trinajstić information content (AvgIpc) is 0.767. The topological polar surface area (TPSA) is 525 Å². The Morgan fingerprint density at radius 2 is 1.27 bits per heavy atom. The van der Waals surface area contributed by atoms with Crippen LogP contribution < -0.4 is 51.8 Å². The van der Waals surface area contributed by atoms with Crippen LogP contribution in [0.5, 0.6) is 46.0 Å². The third kappa shape index (κ3) is 20.3. The van der Waals surface area contributed by atoms with Gasteiger partial charge in [0.2, 0.25) is 41.6 Å². The fraction of sp³-hybridized carbons (Fsp3) is 0.545. The molecule has 124 heavy (non-hydrogen) atoms. The maximum atomic E-state index is 16.6. The molecule has 34 nitrogen and oxygen atoms in total. The predicted molar refractivity (Wildman–Crippen MR) is 440 cm³/mol. The Bertz CT molecular complexity index is 4950.